The second kappa shape index (κ2) is 7.20. The molecular formula is C21H22N2O3. The van der Waals surface area contributed by atoms with E-state index in [1.165, 1.54) is 11.1 Å². The third-order valence-corrected chi connectivity index (χ3v) is 5.06. The Morgan fingerprint density at radius 2 is 1.96 bits per heavy atom. The molecule has 1 N–H and O–H groups in total. The third-order valence-electron chi connectivity index (χ3n) is 5.06. The van der Waals surface area contributed by atoms with Crippen molar-refractivity contribution < 1.29 is 9.21 Å². The van der Waals surface area contributed by atoms with Gasteiger partial charge in [0.15, 0.2) is 5.58 Å². The number of carbonyl (C=O) groups excluding carboxylic acids is 1. The van der Waals surface area contributed by atoms with Crippen LogP contribution in [0.2, 0.25) is 0 Å². The lowest BCUT2D eigenvalue weighted by Gasteiger charge is -2.26. The molecule has 2 aromatic carbocycles. The number of aromatic nitrogens is 1. The van der Waals surface area contributed by atoms with Crippen molar-refractivity contribution in [1.82, 2.24) is 9.88 Å². The fourth-order valence-corrected chi connectivity index (χ4v) is 3.79. The van der Waals surface area contributed by atoms with Crippen molar-refractivity contribution in [3.05, 3.63) is 70.2 Å². The molecule has 3 aromatic rings. The quantitative estimate of drug-likeness (QED) is 0.765. The Labute approximate surface area is 151 Å². The predicted octanol–water partition coefficient (Wildman–Crippen LogP) is 3.57. The lowest BCUT2D eigenvalue weighted by molar-refractivity contribution is -0.122. The topological polar surface area (TPSA) is 64.2 Å². The van der Waals surface area contributed by atoms with E-state index in [0.29, 0.717) is 25.0 Å². The molecular weight excluding hydrogens is 328 g/mol. The maximum Gasteiger partial charge on any atom is 0.419 e. The molecule has 0 unspecified atom stereocenters. The highest BCUT2D eigenvalue weighted by Gasteiger charge is 2.21. The molecule has 134 valence electrons. The van der Waals surface area contributed by atoms with Crippen LogP contribution >= 0.6 is 0 Å². The van der Waals surface area contributed by atoms with Gasteiger partial charge < -0.3 is 9.73 Å². The van der Waals surface area contributed by atoms with Gasteiger partial charge in [0.2, 0.25) is 5.91 Å². The number of carbonyl (C=O) groups is 1. The van der Waals surface area contributed by atoms with Crippen molar-refractivity contribution in [3.63, 3.8) is 0 Å². The monoisotopic (exact) mass is 350 g/mol. The highest BCUT2D eigenvalue weighted by molar-refractivity contribution is 5.76. The zero-order valence-corrected chi connectivity index (χ0v) is 14.6. The van der Waals surface area contributed by atoms with Crippen LogP contribution in [0.15, 0.2) is 57.7 Å². The number of nitrogens with one attached hydrogen (secondary N) is 1. The van der Waals surface area contributed by atoms with Crippen molar-refractivity contribution in [2.45, 2.75) is 44.7 Å². The number of amides is 1. The third kappa shape index (κ3) is 3.29. The minimum atomic E-state index is -0.368. The van der Waals surface area contributed by atoms with E-state index < -0.39 is 0 Å². The van der Waals surface area contributed by atoms with E-state index in [4.69, 9.17) is 4.42 Å². The predicted molar refractivity (Wildman–Crippen MR) is 100.0 cm³/mol. The molecule has 1 aromatic heterocycles. The van der Waals surface area contributed by atoms with Crippen LogP contribution in [0, 0.1) is 0 Å². The summed E-state index contributed by atoms with van der Waals surface area (Å²) in [6.07, 6.45) is 4.15. The molecule has 0 saturated carbocycles. The van der Waals surface area contributed by atoms with Crippen LogP contribution in [0.5, 0.6) is 0 Å². The minimum Gasteiger partial charge on any atom is -0.408 e. The highest BCUT2D eigenvalue weighted by Crippen LogP contribution is 2.29. The number of hydrogen-bond acceptors (Lipinski definition) is 3. The van der Waals surface area contributed by atoms with Gasteiger partial charge in [0, 0.05) is 13.0 Å². The molecule has 0 fully saturated rings. The summed E-state index contributed by atoms with van der Waals surface area (Å²) in [4.78, 5) is 24.3. The molecule has 1 atom stereocenters. The normalized spacial score (nSPS) is 16.4. The molecule has 5 nitrogen and oxygen atoms in total. The Kier molecular flexibility index (Phi) is 4.61. The number of fused-ring (bicyclic) bond motifs is 2. The van der Waals surface area contributed by atoms with Crippen LogP contribution in [0.1, 0.15) is 42.9 Å². The van der Waals surface area contributed by atoms with Gasteiger partial charge in [-0.15, -0.1) is 0 Å². The van der Waals surface area contributed by atoms with Gasteiger partial charge in [-0.25, -0.2) is 4.79 Å². The highest BCUT2D eigenvalue weighted by atomic mass is 16.4. The SMILES string of the molecule is O=C(CCCn1c(=O)oc2ccccc21)N[C@H]1CCCc2ccccc21. The molecule has 1 aliphatic carbocycles. The maximum absolute atomic E-state index is 12.4. The first-order valence-corrected chi connectivity index (χ1v) is 9.18. The molecule has 1 amide bonds. The summed E-state index contributed by atoms with van der Waals surface area (Å²) < 4.78 is 6.82. The van der Waals surface area contributed by atoms with Crippen LogP contribution < -0.4 is 11.1 Å². The van der Waals surface area contributed by atoms with E-state index >= 15 is 0 Å². The summed E-state index contributed by atoms with van der Waals surface area (Å²) in [5, 5.41) is 3.16. The van der Waals surface area contributed by atoms with Gasteiger partial charge in [-0.1, -0.05) is 36.4 Å². The van der Waals surface area contributed by atoms with Crippen LogP contribution in [0.4, 0.5) is 0 Å². The van der Waals surface area contributed by atoms with Crippen molar-refractivity contribution in [1.29, 1.82) is 0 Å². The number of para-hydroxylation sites is 2. The van der Waals surface area contributed by atoms with Gasteiger partial charge in [-0.05, 0) is 48.9 Å². The maximum atomic E-state index is 12.4. The van der Waals surface area contributed by atoms with E-state index in [1.807, 2.05) is 24.3 Å². The summed E-state index contributed by atoms with van der Waals surface area (Å²) in [6.45, 7) is 0.477. The minimum absolute atomic E-state index is 0.0348. The molecule has 1 heterocycles. The van der Waals surface area contributed by atoms with Gasteiger partial charge in [-0.3, -0.25) is 9.36 Å². The Morgan fingerprint density at radius 1 is 1.15 bits per heavy atom. The fraction of sp³-hybridized carbons (Fsp3) is 0.333. The Hall–Kier alpha value is -2.82. The van der Waals surface area contributed by atoms with Gasteiger partial charge in [0.05, 0.1) is 11.6 Å². The fourth-order valence-electron chi connectivity index (χ4n) is 3.79. The van der Waals surface area contributed by atoms with Crippen LogP contribution in [0.25, 0.3) is 11.1 Å². The van der Waals surface area contributed by atoms with Gasteiger partial charge in [0.1, 0.15) is 0 Å². The average molecular weight is 350 g/mol. The standard InChI is InChI=1S/C21H22N2O3/c24-20(22-17-10-5-8-15-7-1-2-9-16(15)17)13-6-14-23-18-11-3-4-12-19(18)26-21(23)25/h1-4,7,9,11-12,17H,5-6,8,10,13-14H2,(H,22,24)/t17-/m0/s1. The Balaban J connectivity index is 1.36. The summed E-state index contributed by atoms with van der Waals surface area (Å²) >= 11 is 0. The first kappa shape index (κ1) is 16.6. The molecule has 5 heteroatoms. The molecule has 0 spiro atoms. The molecule has 0 radical (unpaired) electrons. The van der Waals surface area contributed by atoms with Crippen LogP contribution in [-0.4, -0.2) is 10.5 Å². The summed E-state index contributed by atoms with van der Waals surface area (Å²) in [5.74, 6) is -0.333. The largest absolute Gasteiger partial charge is 0.419 e. The Morgan fingerprint density at radius 3 is 2.88 bits per heavy atom. The molecule has 4 rings (SSSR count). The number of hydrogen-bond donors (Lipinski definition) is 1. The van der Waals surface area contributed by atoms with Gasteiger partial charge in [0.25, 0.3) is 0 Å². The zero-order valence-electron chi connectivity index (χ0n) is 14.6. The first-order valence-electron chi connectivity index (χ1n) is 9.18. The van der Waals surface area contributed by atoms with Crippen molar-refractivity contribution >= 4 is 17.0 Å². The number of rotatable bonds is 5. The lowest BCUT2D eigenvalue weighted by Crippen LogP contribution is -2.31. The second-order valence-corrected chi connectivity index (χ2v) is 6.80. The summed E-state index contributed by atoms with van der Waals surface area (Å²) in [5.41, 5.74) is 3.93. The van der Waals surface area contributed by atoms with Crippen molar-refractivity contribution in [2.75, 3.05) is 0 Å². The van der Waals surface area contributed by atoms with Gasteiger partial charge >= 0.3 is 5.76 Å². The van der Waals surface area contributed by atoms with Crippen LogP contribution in [-0.2, 0) is 17.8 Å². The molecule has 26 heavy (non-hydrogen) atoms. The average Bonchev–Trinajstić information content (AvgIpc) is 2.98. The number of nitrogens with zero attached hydrogens (tertiary/aromatic N) is 1. The number of aryl methyl sites for hydroxylation is 2. The lowest BCUT2D eigenvalue weighted by atomic mass is 9.87. The van der Waals surface area contributed by atoms with E-state index in [1.54, 1.807) is 10.6 Å². The second-order valence-electron chi connectivity index (χ2n) is 6.80. The summed E-state index contributed by atoms with van der Waals surface area (Å²) in [6, 6.07) is 15.8. The number of oxazole rings is 1. The first-order chi connectivity index (χ1) is 12.7. The number of benzene rings is 2. The van der Waals surface area contributed by atoms with Crippen molar-refractivity contribution in [2.24, 2.45) is 0 Å². The molecule has 0 bridgehead atoms. The molecule has 0 aliphatic heterocycles. The van der Waals surface area contributed by atoms with E-state index in [0.717, 1.165) is 24.8 Å². The summed E-state index contributed by atoms with van der Waals surface area (Å²) in [7, 11) is 0. The van der Waals surface area contributed by atoms with Crippen LogP contribution in [0.3, 0.4) is 0 Å². The zero-order chi connectivity index (χ0) is 17.9. The van der Waals surface area contributed by atoms with Gasteiger partial charge in [-0.2, -0.15) is 0 Å². The smallest absolute Gasteiger partial charge is 0.408 e. The molecule has 1 aliphatic rings. The molecule has 0 saturated heterocycles. The van der Waals surface area contributed by atoms with E-state index in [-0.39, 0.29) is 17.7 Å². The van der Waals surface area contributed by atoms with Crippen molar-refractivity contribution in [3.8, 4) is 0 Å². The van der Waals surface area contributed by atoms with E-state index in [2.05, 4.69) is 23.5 Å². The Bertz CT molecular complexity index is 986. The van der Waals surface area contributed by atoms with E-state index in [9.17, 15) is 9.59 Å².